The highest BCUT2D eigenvalue weighted by Gasteiger charge is 2.28. The number of nitrogens with two attached hydrogens (primary N) is 1. The van der Waals surface area contributed by atoms with Gasteiger partial charge in [0.1, 0.15) is 23.5 Å². The monoisotopic (exact) mass is 525 g/mol. The number of nitrogens with one attached hydrogen (secondary N) is 2. The van der Waals surface area contributed by atoms with Crippen molar-refractivity contribution < 1.29 is 9.59 Å². The number of piperidine rings is 2. The van der Waals surface area contributed by atoms with Crippen LogP contribution in [-0.2, 0) is 4.79 Å². The van der Waals surface area contributed by atoms with E-state index >= 15 is 0 Å². The molecule has 5 heterocycles. The van der Waals surface area contributed by atoms with Gasteiger partial charge in [0.2, 0.25) is 5.91 Å². The number of nitriles is 1. The predicted octanol–water partition coefficient (Wildman–Crippen LogP) is 3.43. The third kappa shape index (κ3) is 5.90. The van der Waals surface area contributed by atoms with E-state index in [1.54, 1.807) is 29.4 Å². The van der Waals surface area contributed by atoms with Crippen molar-refractivity contribution in [2.45, 2.75) is 38.6 Å². The summed E-state index contributed by atoms with van der Waals surface area (Å²) in [6.07, 6.45) is 8.04. The Morgan fingerprint density at radius 1 is 1.08 bits per heavy atom. The van der Waals surface area contributed by atoms with Gasteiger partial charge in [-0.2, -0.15) is 5.26 Å². The average Bonchev–Trinajstić information content (AvgIpc) is 2.95. The first-order valence-corrected chi connectivity index (χ1v) is 13.1. The number of carbonyl (C=O) groups excluding carboxylic acids is 2. The zero-order valence-corrected chi connectivity index (χ0v) is 21.8. The quantitative estimate of drug-likeness (QED) is 0.421. The molecule has 2 aliphatic rings. The molecule has 0 unspecified atom stereocenters. The molecule has 11 nitrogen and oxygen atoms in total. The number of carbonyl (C=O) groups is 2. The van der Waals surface area contributed by atoms with Crippen molar-refractivity contribution in [2.75, 3.05) is 40.1 Å². The third-order valence-electron chi connectivity index (χ3n) is 7.26. The van der Waals surface area contributed by atoms with E-state index < -0.39 is 5.91 Å². The summed E-state index contributed by atoms with van der Waals surface area (Å²) in [5.41, 5.74) is 7.89. The predicted molar refractivity (Wildman–Crippen MR) is 149 cm³/mol. The Morgan fingerprint density at radius 3 is 2.59 bits per heavy atom. The Kier molecular flexibility index (Phi) is 7.54. The normalized spacial score (nSPS) is 19.3. The number of anilines is 5. The average molecular weight is 526 g/mol. The van der Waals surface area contributed by atoms with Gasteiger partial charge in [-0.25, -0.2) is 15.0 Å². The molecule has 2 atom stereocenters. The lowest BCUT2D eigenvalue weighted by atomic mass is 9.93. The van der Waals surface area contributed by atoms with Crippen LogP contribution in [0.5, 0.6) is 0 Å². The summed E-state index contributed by atoms with van der Waals surface area (Å²) < 4.78 is 0. The van der Waals surface area contributed by atoms with Crippen LogP contribution in [-0.4, -0.2) is 52.4 Å². The fourth-order valence-electron chi connectivity index (χ4n) is 5.08. The highest BCUT2D eigenvalue weighted by atomic mass is 16.2. The first kappa shape index (κ1) is 25.9. The van der Waals surface area contributed by atoms with E-state index in [1.165, 1.54) is 6.20 Å². The molecule has 4 N–H and O–H groups in total. The van der Waals surface area contributed by atoms with Crippen molar-refractivity contribution in [2.24, 2.45) is 11.7 Å². The summed E-state index contributed by atoms with van der Waals surface area (Å²) in [7, 11) is 0. The summed E-state index contributed by atoms with van der Waals surface area (Å²) >= 11 is 0. The number of amides is 2. The number of rotatable bonds is 7. The summed E-state index contributed by atoms with van der Waals surface area (Å²) in [4.78, 5) is 41.6. The second-order valence-electron chi connectivity index (χ2n) is 9.99. The summed E-state index contributed by atoms with van der Waals surface area (Å²) in [6.45, 7) is 4.41. The van der Waals surface area contributed by atoms with E-state index in [-0.39, 0.29) is 17.9 Å². The molecular weight excluding hydrogens is 494 g/mol. The summed E-state index contributed by atoms with van der Waals surface area (Å²) in [6, 6.07) is 11.3. The lowest BCUT2D eigenvalue weighted by Crippen LogP contribution is -2.45. The van der Waals surface area contributed by atoms with Crippen LogP contribution >= 0.6 is 0 Å². The number of primary amides is 1. The largest absolute Gasteiger partial charge is 0.381 e. The van der Waals surface area contributed by atoms with E-state index in [0.717, 1.165) is 43.9 Å². The van der Waals surface area contributed by atoms with Crippen LogP contribution in [0.25, 0.3) is 0 Å². The smallest absolute Gasteiger partial charge is 0.252 e. The summed E-state index contributed by atoms with van der Waals surface area (Å²) in [5.74, 6) is 1.74. The minimum atomic E-state index is -0.558. The number of hydrogen-bond donors (Lipinski definition) is 3. The maximum atomic E-state index is 12.2. The van der Waals surface area contributed by atoms with Crippen LogP contribution < -0.4 is 26.2 Å². The maximum absolute atomic E-state index is 12.2. The van der Waals surface area contributed by atoms with Crippen LogP contribution in [0.3, 0.4) is 0 Å². The van der Waals surface area contributed by atoms with Crippen molar-refractivity contribution in [1.29, 1.82) is 5.26 Å². The molecule has 0 bridgehead atoms. The maximum Gasteiger partial charge on any atom is 0.252 e. The molecule has 2 saturated heterocycles. The Bertz CT molecular complexity index is 1390. The van der Waals surface area contributed by atoms with Gasteiger partial charge in [0, 0.05) is 50.6 Å². The molecule has 0 aliphatic carbocycles. The molecule has 0 spiro atoms. The second-order valence-corrected chi connectivity index (χ2v) is 9.99. The topological polar surface area (TPSA) is 153 Å². The van der Waals surface area contributed by atoms with Crippen molar-refractivity contribution in [3.8, 4) is 6.07 Å². The van der Waals surface area contributed by atoms with Crippen LogP contribution in [0.15, 0.2) is 48.9 Å². The molecule has 3 aromatic heterocycles. The molecular formula is C28H31N9O2. The second kappa shape index (κ2) is 11.3. The van der Waals surface area contributed by atoms with Gasteiger partial charge in [0.15, 0.2) is 0 Å². The van der Waals surface area contributed by atoms with Gasteiger partial charge in [0.25, 0.3) is 5.91 Å². The minimum Gasteiger partial charge on any atom is -0.381 e. The fourth-order valence-corrected chi connectivity index (χ4v) is 5.08. The lowest BCUT2D eigenvalue weighted by Gasteiger charge is -2.38. The molecule has 39 heavy (non-hydrogen) atoms. The van der Waals surface area contributed by atoms with Crippen molar-refractivity contribution in [1.82, 2.24) is 15.0 Å². The van der Waals surface area contributed by atoms with Crippen LogP contribution in [0.4, 0.5) is 28.8 Å². The minimum absolute atomic E-state index is 0.104. The van der Waals surface area contributed by atoms with Gasteiger partial charge < -0.3 is 26.2 Å². The zero-order valence-electron chi connectivity index (χ0n) is 21.8. The molecule has 2 fully saturated rings. The Hall–Kier alpha value is -4.72. The van der Waals surface area contributed by atoms with E-state index in [9.17, 15) is 9.59 Å². The Balaban J connectivity index is 1.27. The van der Waals surface area contributed by atoms with Gasteiger partial charge in [-0.1, -0.05) is 6.92 Å². The molecule has 2 amide bonds. The molecule has 0 radical (unpaired) electrons. The van der Waals surface area contributed by atoms with Crippen molar-refractivity contribution in [3.05, 3.63) is 60.0 Å². The molecule has 200 valence electrons. The number of hydrogen-bond acceptors (Lipinski definition) is 9. The van der Waals surface area contributed by atoms with Gasteiger partial charge in [0.05, 0.1) is 28.7 Å². The molecule has 0 aromatic carbocycles. The first-order valence-electron chi connectivity index (χ1n) is 13.1. The SMILES string of the molecule is C[C@H]1CN(c2ccc(C#N)cn2)CC[C@H]1Nc1cc(Nc2ccc(N3CCCCC3=O)cn2)ncc1C(N)=O. The fraction of sp³-hybridized carbons (Fsp3) is 0.357. The van der Waals surface area contributed by atoms with Gasteiger partial charge in [-0.15, -0.1) is 0 Å². The van der Waals surface area contributed by atoms with Crippen molar-refractivity contribution >= 4 is 40.6 Å². The molecule has 2 aliphatic heterocycles. The standard InChI is InChI=1S/C28H31N9O2/c1-18-17-36(26-8-5-19(13-29)14-33-26)11-9-22(18)34-23-12-25(32-16-21(23)28(30)39)35-24-7-6-20(15-31-24)37-10-3-2-4-27(37)38/h5-8,12,14-16,18,22H,2-4,9-11,17H2,1H3,(H2,30,39)(H2,31,32,34,35)/t18-,22+/m0/s1. The highest BCUT2D eigenvalue weighted by Crippen LogP contribution is 2.28. The van der Waals surface area contributed by atoms with Crippen LogP contribution in [0, 0.1) is 17.2 Å². The lowest BCUT2D eigenvalue weighted by molar-refractivity contribution is -0.119. The van der Waals surface area contributed by atoms with E-state index in [2.05, 4.69) is 43.5 Å². The number of aromatic nitrogens is 3. The van der Waals surface area contributed by atoms with Crippen LogP contribution in [0.1, 0.15) is 48.5 Å². The molecule has 11 heteroatoms. The number of nitrogens with zero attached hydrogens (tertiary/aromatic N) is 6. The van der Waals surface area contributed by atoms with Gasteiger partial charge >= 0.3 is 0 Å². The molecule has 0 saturated carbocycles. The van der Waals surface area contributed by atoms with Gasteiger partial charge in [-0.05, 0) is 49.4 Å². The van der Waals surface area contributed by atoms with E-state index in [4.69, 9.17) is 11.0 Å². The third-order valence-corrected chi connectivity index (χ3v) is 7.26. The van der Waals surface area contributed by atoms with Crippen LogP contribution in [0.2, 0.25) is 0 Å². The highest BCUT2D eigenvalue weighted by molar-refractivity contribution is 5.98. The molecule has 5 rings (SSSR count). The van der Waals surface area contributed by atoms with Gasteiger partial charge in [-0.3, -0.25) is 9.59 Å². The Morgan fingerprint density at radius 2 is 1.92 bits per heavy atom. The zero-order chi connectivity index (χ0) is 27.4. The van der Waals surface area contributed by atoms with E-state index in [1.807, 2.05) is 18.2 Å². The number of pyridine rings is 3. The first-order chi connectivity index (χ1) is 18.9. The Labute approximate surface area is 227 Å². The summed E-state index contributed by atoms with van der Waals surface area (Å²) in [5, 5.41) is 15.7. The van der Waals surface area contributed by atoms with Crippen molar-refractivity contribution in [3.63, 3.8) is 0 Å². The molecule has 3 aromatic rings. The van der Waals surface area contributed by atoms with E-state index in [0.29, 0.717) is 41.4 Å².